The lowest BCUT2D eigenvalue weighted by atomic mass is 10.2. The molecule has 7 nitrogen and oxygen atoms in total. The van der Waals surface area contributed by atoms with Crippen LogP contribution in [0.25, 0.3) is 5.69 Å². The molecule has 1 aromatic heterocycles. The van der Waals surface area contributed by atoms with Crippen molar-refractivity contribution in [3.8, 4) is 11.4 Å². The number of methoxy groups -OCH3 is 1. The van der Waals surface area contributed by atoms with Gasteiger partial charge < -0.3 is 15.4 Å². The van der Waals surface area contributed by atoms with Crippen molar-refractivity contribution in [1.29, 1.82) is 0 Å². The Labute approximate surface area is 157 Å². The molecule has 27 heavy (non-hydrogen) atoms. The molecule has 7 heteroatoms. The molecule has 138 valence electrons. The molecule has 2 N–H and O–H groups in total. The van der Waals surface area contributed by atoms with Crippen molar-refractivity contribution in [2.45, 2.75) is 13.8 Å². The van der Waals surface area contributed by atoms with Crippen LogP contribution in [-0.4, -0.2) is 28.7 Å². The van der Waals surface area contributed by atoms with E-state index in [4.69, 9.17) is 4.74 Å². The summed E-state index contributed by atoms with van der Waals surface area (Å²) in [5.74, 6) is -0.0177. The Morgan fingerprint density at radius 3 is 2.48 bits per heavy atom. The molecule has 1 heterocycles. The number of aromatic nitrogens is 2. The zero-order chi connectivity index (χ0) is 19.4. The predicted octanol–water partition coefficient (Wildman–Crippen LogP) is 3.40. The first-order valence-electron chi connectivity index (χ1n) is 8.36. The molecule has 2 amide bonds. The van der Waals surface area contributed by atoms with Crippen molar-refractivity contribution in [2.24, 2.45) is 0 Å². The third-order valence-corrected chi connectivity index (χ3v) is 4.02. The molecule has 0 aliphatic carbocycles. The number of ether oxygens (including phenoxy) is 1. The van der Waals surface area contributed by atoms with E-state index >= 15 is 0 Å². The number of hydrogen-bond acceptors (Lipinski definition) is 4. The number of rotatable bonds is 5. The summed E-state index contributed by atoms with van der Waals surface area (Å²) in [5, 5.41) is 9.83. The van der Waals surface area contributed by atoms with Gasteiger partial charge in [0.15, 0.2) is 0 Å². The molecule has 0 saturated heterocycles. The zero-order valence-electron chi connectivity index (χ0n) is 15.3. The maximum absolute atomic E-state index is 12.8. The molecule has 0 unspecified atom stereocenters. The van der Waals surface area contributed by atoms with Gasteiger partial charge in [-0.15, -0.1) is 0 Å². The normalized spacial score (nSPS) is 10.3. The molecule has 0 aliphatic heterocycles. The summed E-state index contributed by atoms with van der Waals surface area (Å²) in [4.78, 5) is 24.0. The maximum Gasteiger partial charge on any atom is 0.259 e. The second-order valence-corrected chi connectivity index (χ2v) is 5.94. The molecule has 2 aromatic carbocycles. The highest BCUT2D eigenvalue weighted by molar-refractivity contribution is 6.06. The van der Waals surface area contributed by atoms with E-state index in [0.717, 1.165) is 11.4 Å². The van der Waals surface area contributed by atoms with E-state index in [0.29, 0.717) is 22.7 Å². The van der Waals surface area contributed by atoms with Crippen LogP contribution in [-0.2, 0) is 4.79 Å². The summed E-state index contributed by atoms with van der Waals surface area (Å²) < 4.78 is 7.01. The standard InChI is InChI=1S/C20H20N4O3/c1-13-17(12-21-24(13)16-7-5-4-6-8-16)20(26)23-18-11-15(22-14(2)25)9-10-19(18)27-3/h4-12H,1-3H3,(H,22,25)(H,23,26). The van der Waals surface area contributed by atoms with Crippen LogP contribution < -0.4 is 15.4 Å². The Kier molecular flexibility index (Phi) is 5.21. The minimum absolute atomic E-state index is 0.197. The first-order valence-corrected chi connectivity index (χ1v) is 8.36. The number of hydrogen-bond donors (Lipinski definition) is 2. The minimum atomic E-state index is -0.312. The van der Waals surface area contributed by atoms with Gasteiger partial charge >= 0.3 is 0 Å². The van der Waals surface area contributed by atoms with E-state index in [1.807, 2.05) is 37.3 Å². The lowest BCUT2D eigenvalue weighted by Crippen LogP contribution is -2.14. The molecule has 0 spiro atoms. The van der Waals surface area contributed by atoms with Crippen molar-refractivity contribution in [2.75, 3.05) is 17.7 Å². The summed E-state index contributed by atoms with van der Waals surface area (Å²) >= 11 is 0. The monoisotopic (exact) mass is 364 g/mol. The molecule has 0 bridgehead atoms. The van der Waals surface area contributed by atoms with Crippen LogP contribution in [0.5, 0.6) is 5.75 Å². The molecular weight excluding hydrogens is 344 g/mol. The van der Waals surface area contributed by atoms with E-state index in [1.54, 1.807) is 22.9 Å². The summed E-state index contributed by atoms with van der Waals surface area (Å²) in [6, 6.07) is 14.6. The SMILES string of the molecule is COc1ccc(NC(C)=O)cc1NC(=O)c1cnn(-c2ccccc2)c1C. The number of amides is 2. The average Bonchev–Trinajstić information content (AvgIpc) is 3.04. The molecule has 0 aliphatic rings. The Balaban J connectivity index is 1.88. The van der Waals surface area contributed by atoms with Crippen molar-refractivity contribution in [3.05, 3.63) is 66.0 Å². The van der Waals surface area contributed by atoms with Gasteiger partial charge in [-0.05, 0) is 37.3 Å². The van der Waals surface area contributed by atoms with E-state index in [2.05, 4.69) is 15.7 Å². The van der Waals surface area contributed by atoms with Crippen molar-refractivity contribution in [1.82, 2.24) is 9.78 Å². The van der Waals surface area contributed by atoms with Gasteiger partial charge in [-0.1, -0.05) is 18.2 Å². The van der Waals surface area contributed by atoms with Crippen molar-refractivity contribution < 1.29 is 14.3 Å². The molecule has 0 fully saturated rings. The smallest absolute Gasteiger partial charge is 0.259 e. The second-order valence-electron chi connectivity index (χ2n) is 5.94. The highest BCUT2D eigenvalue weighted by Gasteiger charge is 2.17. The second kappa shape index (κ2) is 7.74. The first kappa shape index (κ1) is 18.2. The van der Waals surface area contributed by atoms with Crippen LogP contribution in [0.2, 0.25) is 0 Å². The Morgan fingerprint density at radius 1 is 1.07 bits per heavy atom. The van der Waals surface area contributed by atoms with Crippen LogP contribution in [0.15, 0.2) is 54.7 Å². The van der Waals surface area contributed by atoms with E-state index in [-0.39, 0.29) is 11.8 Å². The molecule has 0 radical (unpaired) electrons. The number of anilines is 2. The third-order valence-electron chi connectivity index (χ3n) is 4.02. The van der Waals surface area contributed by atoms with Crippen LogP contribution in [0.4, 0.5) is 11.4 Å². The highest BCUT2D eigenvalue weighted by atomic mass is 16.5. The minimum Gasteiger partial charge on any atom is -0.495 e. The lowest BCUT2D eigenvalue weighted by molar-refractivity contribution is -0.114. The third kappa shape index (κ3) is 3.98. The average molecular weight is 364 g/mol. The fourth-order valence-electron chi connectivity index (χ4n) is 2.74. The van der Waals surface area contributed by atoms with Crippen LogP contribution in [0, 0.1) is 6.92 Å². The number of nitrogens with one attached hydrogen (secondary N) is 2. The summed E-state index contributed by atoms with van der Waals surface area (Å²) in [6.45, 7) is 3.25. The van der Waals surface area contributed by atoms with E-state index in [1.165, 1.54) is 20.2 Å². The predicted molar refractivity (Wildman–Crippen MR) is 104 cm³/mol. The van der Waals surface area contributed by atoms with E-state index < -0.39 is 0 Å². The fraction of sp³-hybridized carbons (Fsp3) is 0.150. The number of benzene rings is 2. The number of carbonyl (C=O) groups excluding carboxylic acids is 2. The Bertz CT molecular complexity index is 980. The Hall–Kier alpha value is -3.61. The molecule has 3 aromatic rings. The van der Waals surface area contributed by atoms with Gasteiger partial charge in [0.05, 0.1) is 35.9 Å². The fourth-order valence-corrected chi connectivity index (χ4v) is 2.74. The van der Waals surface area contributed by atoms with E-state index in [9.17, 15) is 9.59 Å². The number of nitrogens with zero attached hydrogens (tertiary/aromatic N) is 2. The van der Waals surface area contributed by atoms with Crippen LogP contribution in [0.3, 0.4) is 0 Å². The Morgan fingerprint density at radius 2 is 1.81 bits per heavy atom. The van der Waals surface area contributed by atoms with Gasteiger partial charge in [-0.25, -0.2) is 4.68 Å². The highest BCUT2D eigenvalue weighted by Crippen LogP contribution is 2.28. The summed E-state index contributed by atoms with van der Waals surface area (Å²) in [5.41, 5.74) is 3.07. The van der Waals surface area contributed by atoms with Crippen LogP contribution >= 0.6 is 0 Å². The van der Waals surface area contributed by atoms with Gasteiger partial charge in [0.25, 0.3) is 5.91 Å². The van der Waals surface area contributed by atoms with Gasteiger partial charge in [-0.2, -0.15) is 5.10 Å². The molecule has 0 atom stereocenters. The quantitative estimate of drug-likeness (QED) is 0.727. The van der Waals surface area contributed by atoms with Crippen LogP contribution in [0.1, 0.15) is 23.0 Å². The summed E-state index contributed by atoms with van der Waals surface area (Å²) in [6.07, 6.45) is 1.53. The topological polar surface area (TPSA) is 85.2 Å². The van der Waals surface area contributed by atoms with Gasteiger partial charge in [0.2, 0.25) is 5.91 Å². The molecular formula is C20H20N4O3. The number of para-hydroxylation sites is 1. The lowest BCUT2D eigenvalue weighted by Gasteiger charge is -2.12. The molecule has 0 saturated carbocycles. The van der Waals surface area contributed by atoms with Crippen molar-refractivity contribution in [3.63, 3.8) is 0 Å². The van der Waals surface area contributed by atoms with Gasteiger partial charge in [0.1, 0.15) is 5.75 Å². The number of carbonyl (C=O) groups is 2. The zero-order valence-corrected chi connectivity index (χ0v) is 15.3. The maximum atomic E-state index is 12.8. The van der Waals surface area contributed by atoms with Gasteiger partial charge in [0, 0.05) is 12.6 Å². The van der Waals surface area contributed by atoms with Crippen molar-refractivity contribution >= 4 is 23.2 Å². The largest absolute Gasteiger partial charge is 0.495 e. The first-order chi connectivity index (χ1) is 13.0. The van der Waals surface area contributed by atoms with Gasteiger partial charge in [-0.3, -0.25) is 9.59 Å². The molecule has 3 rings (SSSR count). The summed E-state index contributed by atoms with van der Waals surface area (Å²) in [7, 11) is 1.52.